The monoisotopic (exact) mass is 917 g/mol. The molecule has 0 spiro atoms. The first-order chi connectivity index (χ1) is 29.2. The second kappa shape index (κ2) is 24.2. The number of nitrogens with zero attached hydrogens (tertiary/aromatic N) is 2. The molecular formula is C44H72N10O11. The number of aromatic nitrogens is 2. The Bertz CT molecular complexity index is 1950. The number of amides is 8. The minimum atomic E-state index is -1.64. The number of carbonyl (C=O) groups is 8. The molecule has 0 aliphatic carbocycles. The molecule has 0 aromatic carbocycles. The summed E-state index contributed by atoms with van der Waals surface area (Å²) in [6.45, 7) is 21.1. The maximum Gasteiger partial charge on any atom is 0.408 e. The fourth-order valence-electron chi connectivity index (χ4n) is 5.33. The van der Waals surface area contributed by atoms with E-state index in [-0.39, 0.29) is 24.9 Å². The summed E-state index contributed by atoms with van der Waals surface area (Å²) in [5, 5.41) is 28.4. The molecule has 0 aliphatic rings. The Balaban J connectivity index is 0.00000994. The maximum absolute atomic E-state index is 13.6. The molecule has 0 bridgehead atoms. The van der Waals surface area contributed by atoms with Gasteiger partial charge in [0.15, 0.2) is 0 Å². The van der Waals surface area contributed by atoms with Gasteiger partial charge in [-0.15, -0.1) is 0 Å². The molecule has 0 unspecified atom stereocenters. The summed E-state index contributed by atoms with van der Waals surface area (Å²) in [6.07, 6.45) is 5.58. The molecule has 0 saturated heterocycles. The van der Waals surface area contributed by atoms with Crippen molar-refractivity contribution in [3.8, 4) is 0 Å². The molecule has 0 fully saturated rings. The van der Waals surface area contributed by atoms with Gasteiger partial charge in [-0.25, -0.2) is 4.79 Å². The van der Waals surface area contributed by atoms with Crippen LogP contribution in [0.4, 0.5) is 4.79 Å². The third-order valence-electron chi connectivity index (χ3n) is 9.23. The first-order valence-corrected chi connectivity index (χ1v) is 20.8. The fraction of sp³-hybridized carbons (Fsp3) is 0.591. The number of aliphatic hydroxyl groups is 1. The minimum Gasteiger partial charge on any atom is -0.444 e. The van der Waals surface area contributed by atoms with Crippen LogP contribution >= 0.6 is 0 Å². The second-order valence-corrected chi connectivity index (χ2v) is 18.7. The van der Waals surface area contributed by atoms with Crippen LogP contribution in [0.25, 0.3) is 0 Å². The average Bonchev–Trinajstić information content (AvgIpc) is 3.16. The van der Waals surface area contributed by atoms with Crippen molar-refractivity contribution < 1.29 is 53.7 Å². The molecule has 2 heterocycles. The SMILES string of the molecule is CCO.CNC(=O)[C@@H](Cc1ccncc1)NC(=O)C(C)(C)NC(=O)C(C)(C)NC(=O)C(C)(C)NC(=O)C(C)(C)NC(=O)C(C)(C)NC(=O)[C@@H](Cc1ccncc1)NC(=O)OC(C)(C)C.O. The standard InChI is InChI=1S/C42H64N10O9.C2H6O.H2O/c1-37(2,3)61-36(60)47-28(24-26-17-21-45-22-18-26)30(54)48-39(6,7)32(56)50-41(10,11)34(58)52-42(12,13)35(59)51-40(8,9)33(57)49-38(4,5)31(55)46-27(29(53)43-14)23-25-15-19-44-20-16-25;1-2-3;/h15-22,27-28H,23-24H2,1-14H3,(H,43,53)(H,46,55)(H,47,60)(H,48,54)(H,49,57)(H,50,56)(H,51,59)(H,52,58);3H,2H2,1H3;1H2/t27-,28-;;/m1../s1. The summed E-state index contributed by atoms with van der Waals surface area (Å²) in [7, 11) is 1.44. The number of hydrogen-bond donors (Lipinski definition) is 9. The zero-order valence-electron chi connectivity index (χ0n) is 40.4. The zero-order chi connectivity index (χ0) is 49.5. The highest BCUT2D eigenvalue weighted by atomic mass is 16.6. The van der Waals surface area contributed by atoms with Crippen molar-refractivity contribution in [3.63, 3.8) is 0 Å². The Kier molecular flexibility index (Phi) is 21.9. The maximum atomic E-state index is 13.6. The Morgan fingerprint density at radius 2 is 0.815 bits per heavy atom. The quantitative estimate of drug-likeness (QED) is 0.0958. The van der Waals surface area contributed by atoms with Gasteiger partial charge in [-0.3, -0.25) is 43.5 Å². The van der Waals surface area contributed by atoms with Crippen molar-refractivity contribution in [2.24, 2.45) is 0 Å². The molecule has 0 aliphatic heterocycles. The predicted molar refractivity (Wildman–Crippen MR) is 243 cm³/mol. The third-order valence-corrected chi connectivity index (χ3v) is 9.23. The topological polar surface area (TPSA) is 320 Å². The van der Waals surface area contributed by atoms with Crippen molar-refractivity contribution in [3.05, 3.63) is 60.2 Å². The first-order valence-electron chi connectivity index (χ1n) is 20.8. The van der Waals surface area contributed by atoms with Crippen molar-refractivity contribution in [1.82, 2.24) is 52.5 Å². The van der Waals surface area contributed by atoms with Gasteiger partial charge in [0.2, 0.25) is 41.4 Å². The molecule has 8 amide bonds. The van der Waals surface area contributed by atoms with E-state index in [0.717, 1.165) is 5.56 Å². The van der Waals surface area contributed by atoms with Crippen LogP contribution in [0.5, 0.6) is 0 Å². The summed E-state index contributed by atoms with van der Waals surface area (Å²) in [5.41, 5.74) is -7.47. The van der Waals surface area contributed by atoms with E-state index in [9.17, 15) is 38.4 Å². The van der Waals surface area contributed by atoms with Gasteiger partial charge in [-0.1, -0.05) is 0 Å². The highest BCUT2D eigenvalue weighted by molar-refractivity contribution is 6.01. The van der Waals surface area contributed by atoms with E-state index in [1.165, 1.54) is 88.7 Å². The number of carbonyl (C=O) groups excluding carboxylic acids is 8. The van der Waals surface area contributed by atoms with Crippen LogP contribution in [0, 0.1) is 0 Å². The molecule has 65 heavy (non-hydrogen) atoms. The number of aliphatic hydroxyl groups excluding tert-OH is 1. The lowest BCUT2D eigenvalue weighted by Crippen LogP contribution is -2.69. The van der Waals surface area contributed by atoms with Crippen molar-refractivity contribution in [2.75, 3.05) is 13.7 Å². The number of pyridine rings is 2. The smallest absolute Gasteiger partial charge is 0.408 e. The number of ether oxygens (including phenoxy) is 1. The molecular weight excluding hydrogens is 845 g/mol. The molecule has 2 rings (SSSR count). The minimum absolute atomic E-state index is 0. The number of alkyl carbamates (subject to hydrolysis) is 1. The van der Waals surface area contributed by atoms with Crippen LogP contribution in [-0.4, -0.2) is 127 Å². The van der Waals surface area contributed by atoms with E-state index in [1.54, 1.807) is 64.4 Å². The Hall–Kier alpha value is -6.22. The van der Waals surface area contributed by atoms with Crippen LogP contribution in [0.2, 0.25) is 0 Å². The van der Waals surface area contributed by atoms with E-state index >= 15 is 0 Å². The molecule has 2 aromatic heterocycles. The van der Waals surface area contributed by atoms with Crippen LogP contribution in [0.15, 0.2) is 49.1 Å². The number of rotatable bonds is 18. The van der Waals surface area contributed by atoms with Crippen LogP contribution in [-0.2, 0) is 51.1 Å². The molecule has 364 valence electrons. The normalized spacial score (nSPS) is 12.7. The Morgan fingerprint density at radius 3 is 1.12 bits per heavy atom. The molecule has 11 N–H and O–H groups in total. The molecule has 21 heteroatoms. The van der Waals surface area contributed by atoms with Gasteiger partial charge in [0.25, 0.3) is 0 Å². The lowest BCUT2D eigenvalue weighted by Gasteiger charge is -2.37. The molecule has 21 nitrogen and oxygen atoms in total. The van der Waals surface area contributed by atoms with Crippen molar-refractivity contribution >= 4 is 47.4 Å². The first kappa shape index (κ1) is 58.8. The van der Waals surface area contributed by atoms with E-state index in [2.05, 4.69) is 52.5 Å². The van der Waals surface area contributed by atoms with Gasteiger partial charge in [0.05, 0.1) is 0 Å². The highest BCUT2D eigenvalue weighted by Gasteiger charge is 2.44. The van der Waals surface area contributed by atoms with E-state index in [0.29, 0.717) is 5.56 Å². The summed E-state index contributed by atoms with van der Waals surface area (Å²) in [5.74, 6) is -4.85. The lowest BCUT2D eigenvalue weighted by molar-refractivity contribution is -0.141. The fourth-order valence-corrected chi connectivity index (χ4v) is 5.33. The van der Waals surface area contributed by atoms with Crippen LogP contribution in [0.3, 0.4) is 0 Å². The van der Waals surface area contributed by atoms with Gasteiger partial charge in [-0.05, 0) is 132 Å². The van der Waals surface area contributed by atoms with E-state index in [4.69, 9.17) is 9.84 Å². The predicted octanol–water partition coefficient (Wildman–Crippen LogP) is 0.0338. The van der Waals surface area contributed by atoms with E-state index < -0.39 is 92.8 Å². The summed E-state index contributed by atoms with van der Waals surface area (Å²) in [4.78, 5) is 115. The molecule has 2 atom stereocenters. The van der Waals surface area contributed by atoms with Gasteiger partial charge in [0, 0.05) is 51.3 Å². The molecule has 0 radical (unpaired) electrons. The Labute approximate surface area is 381 Å². The summed E-state index contributed by atoms with van der Waals surface area (Å²) >= 11 is 0. The summed E-state index contributed by atoms with van der Waals surface area (Å²) in [6, 6.07) is 4.65. The zero-order valence-corrected chi connectivity index (χ0v) is 40.4. The average molecular weight is 917 g/mol. The van der Waals surface area contributed by atoms with Gasteiger partial charge >= 0.3 is 6.09 Å². The van der Waals surface area contributed by atoms with Gasteiger partial charge in [-0.2, -0.15) is 0 Å². The molecule has 0 saturated carbocycles. The van der Waals surface area contributed by atoms with Crippen molar-refractivity contribution in [1.29, 1.82) is 0 Å². The lowest BCUT2D eigenvalue weighted by atomic mass is 9.94. The summed E-state index contributed by atoms with van der Waals surface area (Å²) < 4.78 is 5.34. The number of likely N-dealkylation sites (N-methyl/N-ethyl adjacent to an activating group) is 1. The van der Waals surface area contributed by atoms with E-state index in [1.807, 2.05) is 0 Å². The van der Waals surface area contributed by atoms with Gasteiger partial charge in [0.1, 0.15) is 45.4 Å². The van der Waals surface area contributed by atoms with Crippen LogP contribution < -0.4 is 42.5 Å². The highest BCUT2D eigenvalue weighted by Crippen LogP contribution is 2.16. The second-order valence-electron chi connectivity index (χ2n) is 18.7. The number of hydrogen-bond acceptors (Lipinski definition) is 12. The Morgan fingerprint density at radius 1 is 0.523 bits per heavy atom. The largest absolute Gasteiger partial charge is 0.444 e. The van der Waals surface area contributed by atoms with Crippen molar-refractivity contribution in [2.45, 2.75) is 155 Å². The molecule has 2 aromatic rings. The third kappa shape index (κ3) is 19.6. The van der Waals surface area contributed by atoms with Gasteiger partial charge < -0.3 is 57.9 Å². The van der Waals surface area contributed by atoms with Crippen LogP contribution in [0.1, 0.15) is 108 Å². The number of nitrogens with one attached hydrogen (secondary N) is 8.